The van der Waals surface area contributed by atoms with E-state index in [1.54, 1.807) is 18.2 Å². The van der Waals surface area contributed by atoms with Crippen LogP contribution in [-0.2, 0) is 14.8 Å². The number of ether oxygens (including phenoxy) is 1. The smallest absolute Gasteiger partial charge is 0.355 e. The van der Waals surface area contributed by atoms with Gasteiger partial charge in [-0.2, -0.15) is 0 Å². The monoisotopic (exact) mass is 367 g/mol. The number of carbonyl (C=O) groups is 1. The summed E-state index contributed by atoms with van der Waals surface area (Å²) >= 11 is 5.74. The van der Waals surface area contributed by atoms with Crippen molar-refractivity contribution in [1.29, 1.82) is 0 Å². The number of aromatic nitrogens is 1. The zero-order chi connectivity index (χ0) is 17.5. The quantitative estimate of drug-likeness (QED) is 0.665. The molecule has 0 spiro atoms. The standard InChI is InChI=1S/C16H11ClFNO4S/c1-23-16(20)14-9-11-13(8-7-12(17)15(11)18)19(14)24(21,22)10-5-3-2-4-6-10/h2-9H,1H3. The highest BCUT2D eigenvalue weighted by Gasteiger charge is 2.28. The summed E-state index contributed by atoms with van der Waals surface area (Å²) in [5.41, 5.74) is -0.307. The highest BCUT2D eigenvalue weighted by atomic mass is 35.5. The first-order valence-electron chi connectivity index (χ1n) is 6.76. The van der Waals surface area contributed by atoms with Gasteiger partial charge in [-0.3, -0.25) is 0 Å². The number of benzene rings is 2. The van der Waals surface area contributed by atoms with Crippen molar-refractivity contribution in [1.82, 2.24) is 3.97 Å². The molecular weight excluding hydrogens is 357 g/mol. The Bertz CT molecular complexity index is 1040. The molecule has 5 nitrogen and oxygen atoms in total. The van der Waals surface area contributed by atoms with Crippen molar-refractivity contribution in [3.63, 3.8) is 0 Å². The summed E-state index contributed by atoms with van der Waals surface area (Å²) < 4.78 is 45.5. The molecule has 3 aromatic rings. The summed E-state index contributed by atoms with van der Waals surface area (Å²) in [6.07, 6.45) is 0. The maximum atomic E-state index is 14.3. The van der Waals surface area contributed by atoms with Gasteiger partial charge in [0.2, 0.25) is 0 Å². The van der Waals surface area contributed by atoms with Gasteiger partial charge in [0.05, 0.1) is 22.5 Å². The molecule has 0 aliphatic rings. The van der Waals surface area contributed by atoms with Crippen molar-refractivity contribution in [2.45, 2.75) is 4.90 Å². The Morgan fingerprint density at radius 3 is 2.46 bits per heavy atom. The van der Waals surface area contributed by atoms with Gasteiger partial charge in [0.25, 0.3) is 10.0 Å². The third-order valence-electron chi connectivity index (χ3n) is 3.50. The van der Waals surface area contributed by atoms with E-state index in [9.17, 15) is 17.6 Å². The minimum atomic E-state index is -4.13. The lowest BCUT2D eigenvalue weighted by Gasteiger charge is -2.11. The molecule has 0 bridgehead atoms. The highest BCUT2D eigenvalue weighted by molar-refractivity contribution is 7.90. The van der Waals surface area contributed by atoms with E-state index in [0.29, 0.717) is 0 Å². The fourth-order valence-corrected chi connectivity index (χ4v) is 4.08. The van der Waals surface area contributed by atoms with Crippen LogP contribution in [0.5, 0.6) is 0 Å². The zero-order valence-corrected chi connectivity index (χ0v) is 13.9. The van der Waals surface area contributed by atoms with E-state index in [2.05, 4.69) is 4.74 Å². The number of hydrogen-bond acceptors (Lipinski definition) is 4. The van der Waals surface area contributed by atoms with E-state index in [1.165, 1.54) is 24.3 Å². The van der Waals surface area contributed by atoms with Gasteiger partial charge in [-0.1, -0.05) is 29.8 Å². The van der Waals surface area contributed by atoms with E-state index in [-0.39, 0.29) is 26.5 Å². The average Bonchev–Trinajstić information content (AvgIpc) is 2.99. The molecule has 0 saturated carbocycles. The lowest BCUT2D eigenvalue weighted by atomic mass is 10.2. The number of esters is 1. The third-order valence-corrected chi connectivity index (χ3v) is 5.54. The van der Waals surface area contributed by atoms with Crippen molar-refractivity contribution in [2.75, 3.05) is 7.11 Å². The molecule has 1 aromatic heterocycles. The Morgan fingerprint density at radius 2 is 1.83 bits per heavy atom. The number of carbonyl (C=O) groups excluding carboxylic acids is 1. The maximum Gasteiger partial charge on any atom is 0.355 e. The van der Waals surface area contributed by atoms with Crippen LogP contribution in [-0.4, -0.2) is 25.5 Å². The molecule has 0 saturated heterocycles. The summed E-state index contributed by atoms with van der Waals surface area (Å²) in [5, 5.41) is -0.254. The fraction of sp³-hybridized carbons (Fsp3) is 0.0625. The highest BCUT2D eigenvalue weighted by Crippen LogP contribution is 2.31. The van der Waals surface area contributed by atoms with Crippen molar-refractivity contribution in [3.8, 4) is 0 Å². The van der Waals surface area contributed by atoms with E-state index >= 15 is 0 Å². The molecule has 24 heavy (non-hydrogen) atoms. The van der Waals surface area contributed by atoms with Crippen molar-refractivity contribution in [2.24, 2.45) is 0 Å². The minimum absolute atomic E-state index is 0.00107. The number of hydrogen-bond donors (Lipinski definition) is 0. The number of rotatable bonds is 3. The predicted octanol–water partition coefficient (Wildman–Crippen LogP) is 3.46. The molecule has 8 heteroatoms. The van der Waals surface area contributed by atoms with Crippen molar-refractivity contribution < 1.29 is 22.3 Å². The van der Waals surface area contributed by atoms with Crippen LogP contribution in [0.4, 0.5) is 4.39 Å². The summed E-state index contributed by atoms with van der Waals surface area (Å²) in [6, 6.07) is 11.2. The van der Waals surface area contributed by atoms with Crippen LogP contribution in [0.25, 0.3) is 10.9 Å². The van der Waals surface area contributed by atoms with Crippen LogP contribution in [0.15, 0.2) is 53.4 Å². The first-order valence-corrected chi connectivity index (χ1v) is 8.58. The topological polar surface area (TPSA) is 65.4 Å². The summed E-state index contributed by atoms with van der Waals surface area (Å²) in [7, 11) is -3.02. The largest absolute Gasteiger partial charge is 0.464 e. The van der Waals surface area contributed by atoms with E-state index in [0.717, 1.165) is 17.1 Å². The first kappa shape index (κ1) is 16.5. The molecule has 1 heterocycles. The summed E-state index contributed by atoms with van der Waals surface area (Å²) in [6.45, 7) is 0. The van der Waals surface area contributed by atoms with Crippen LogP contribution in [0.1, 0.15) is 10.5 Å². The third kappa shape index (κ3) is 2.46. The summed E-state index contributed by atoms with van der Waals surface area (Å²) in [4.78, 5) is 12.0. The molecule has 2 aromatic carbocycles. The molecular formula is C16H11ClFNO4S. The van der Waals surface area contributed by atoms with Gasteiger partial charge in [0.15, 0.2) is 5.82 Å². The molecule has 0 atom stereocenters. The molecule has 0 amide bonds. The lowest BCUT2D eigenvalue weighted by molar-refractivity contribution is 0.0593. The number of nitrogens with zero attached hydrogens (tertiary/aromatic N) is 1. The molecule has 3 rings (SSSR count). The Kier molecular flexibility index (Phi) is 4.06. The van der Waals surface area contributed by atoms with E-state index < -0.39 is 21.8 Å². The van der Waals surface area contributed by atoms with Crippen LogP contribution in [0, 0.1) is 5.82 Å². The second-order valence-corrected chi connectivity index (χ2v) is 7.09. The zero-order valence-electron chi connectivity index (χ0n) is 12.4. The van der Waals surface area contributed by atoms with Crippen LogP contribution >= 0.6 is 11.6 Å². The van der Waals surface area contributed by atoms with Gasteiger partial charge in [-0.15, -0.1) is 0 Å². The van der Waals surface area contributed by atoms with Gasteiger partial charge < -0.3 is 4.74 Å². The number of methoxy groups -OCH3 is 1. The molecule has 0 aliphatic carbocycles. The number of fused-ring (bicyclic) bond motifs is 1. The van der Waals surface area contributed by atoms with Crippen LogP contribution < -0.4 is 0 Å². The molecule has 0 fully saturated rings. The molecule has 124 valence electrons. The predicted molar refractivity (Wildman–Crippen MR) is 87.3 cm³/mol. The molecule has 0 radical (unpaired) electrons. The Morgan fingerprint density at radius 1 is 1.17 bits per heavy atom. The van der Waals surface area contributed by atoms with Gasteiger partial charge >= 0.3 is 5.97 Å². The van der Waals surface area contributed by atoms with Gasteiger partial charge in [-0.25, -0.2) is 21.6 Å². The first-order chi connectivity index (χ1) is 11.4. The van der Waals surface area contributed by atoms with Gasteiger partial charge in [-0.05, 0) is 30.3 Å². The molecule has 0 aliphatic heterocycles. The SMILES string of the molecule is COC(=O)c1cc2c(F)c(Cl)ccc2n1S(=O)(=O)c1ccccc1. The number of halogens is 2. The second-order valence-electron chi connectivity index (χ2n) is 4.90. The minimum Gasteiger partial charge on any atom is -0.464 e. The fourth-order valence-electron chi connectivity index (χ4n) is 2.40. The van der Waals surface area contributed by atoms with Gasteiger partial charge in [0, 0.05) is 5.39 Å². The average molecular weight is 368 g/mol. The van der Waals surface area contributed by atoms with E-state index in [1.807, 2.05) is 0 Å². The van der Waals surface area contributed by atoms with E-state index in [4.69, 9.17) is 11.6 Å². The van der Waals surface area contributed by atoms with Crippen molar-refractivity contribution >= 4 is 38.5 Å². The van der Waals surface area contributed by atoms with Crippen LogP contribution in [0.2, 0.25) is 5.02 Å². The van der Waals surface area contributed by atoms with Crippen molar-refractivity contribution in [3.05, 3.63) is 65.1 Å². The summed E-state index contributed by atoms with van der Waals surface area (Å²) in [5.74, 6) is -1.71. The Hall–Kier alpha value is -2.38. The lowest BCUT2D eigenvalue weighted by Crippen LogP contribution is -2.19. The Labute approximate surface area is 142 Å². The Balaban J connectivity index is 2.42. The molecule has 0 unspecified atom stereocenters. The maximum absolute atomic E-state index is 14.3. The normalized spacial score (nSPS) is 11.6. The molecule has 0 N–H and O–H groups in total. The second kappa shape index (κ2) is 5.92. The van der Waals surface area contributed by atoms with Gasteiger partial charge in [0.1, 0.15) is 5.69 Å². The van der Waals surface area contributed by atoms with Crippen LogP contribution in [0.3, 0.4) is 0 Å².